The van der Waals surface area contributed by atoms with Gasteiger partial charge in [0.25, 0.3) is 5.91 Å². The number of sulfonamides is 1. The Labute approximate surface area is 151 Å². The second kappa shape index (κ2) is 7.31. The van der Waals surface area contributed by atoms with Gasteiger partial charge in [0, 0.05) is 24.4 Å². The molecule has 0 radical (unpaired) electrons. The minimum Gasteiger partial charge on any atom is -0.376 e. The fourth-order valence-corrected chi connectivity index (χ4v) is 4.93. The molecule has 1 saturated heterocycles. The molecular weight excluding hydrogens is 360 g/mol. The molecule has 6 nitrogen and oxygen atoms in total. The van der Waals surface area contributed by atoms with Crippen molar-refractivity contribution in [1.29, 1.82) is 0 Å². The van der Waals surface area contributed by atoms with Crippen LogP contribution in [0.3, 0.4) is 0 Å². The molecule has 0 spiro atoms. The van der Waals surface area contributed by atoms with Gasteiger partial charge in [0.15, 0.2) is 0 Å². The van der Waals surface area contributed by atoms with Gasteiger partial charge in [0.2, 0.25) is 10.0 Å². The Bertz CT molecular complexity index is 870. The van der Waals surface area contributed by atoms with Crippen molar-refractivity contribution >= 4 is 43.0 Å². The summed E-state index contributed by atoms with van der Waals surface area (Å²) in [5.74, 6) is -0.117. The topological polar surface area (TPSA) is 75.7 Å². The molecule has 3 rings (SSSR count). The van der Waals surface area contributed by atoms with Crippen LogP contribution >= 0.6 is 11.3 Å². The van der Waals surface area contributed by atoms with E-state index in [1.54, 1.807) is 13.0 Å². The highest BCUT2D eigenvalue weighted by Gasteiger charge is 2.19. The number of hydrogen-bond donors (Lipinski definition) is 1. The predicted molar refractivity (Wildman–Crippen MR) is 101 cm³/mol. The van der Waals surface area contributed by atoms with Gasteiger partial charge in [0.05, 0.1) is 22.9 Å². The van der Waals surface area contributed by atoms with Crippen LogP contribution in [0.15, 0.2) is 24.3 Å². The van der Waals surface area contributed by atoms with Crippen LogP contribution in [0.25, 0.3) is 10.1 Å². The van der Waals surface area contributed by atoms with Gasteiger partial charge in [0.1, 0.15) is 0 Å². The van der Waals surface area contributed by atoms with Crippen LogP contribution < -0.4 is 9.62 Å². The van der Waals surface area contributed by atoms with Gasteiger partial charge < -0.3 is 10.1 Å². The third kappa shape index (κ3) is 4.13. The number of carbonyl (C=O) groups excluding carboxylic acids is 1. The molecule has 1 aliphatic heterocycles. The van der Waals surface area contributed by atoms with E-state index in [0.717, 1.165) is 29.5 Å². The third-order valence-corrected chi connectivity index (χ3v) is 6.60. The Morgan fingerprint density at radius 2 is 2.20 bits per heavy atom. The van der Waals surface area contributed by atoms with E-state index in [-0.39, 0.29) is 12.0 Å². The lowest BCUT2D eigenvalue weighted by Crippen LogP contribution is -2.31. The summed E-state index contributed by atoms with van der Waals surface area (Å²) in [6, 6.07) is 7.26. The van der Waals surface area contributed by atoms with Crippen molar-refractivity contribution in [1.82, 2.24) is 5.32 Å². The van der Waals surface area contributed by atoms with Crippen LogP contribution in [-0.4, -0.2) is 46.4 Å². The van der Waals surface area contributed by atoms with Crippen LogP contribution in [0.1, 0.15) is 29.4 Å². The van der Waals surface area contributed by atoms with Crippen molar-refractivity contribution in [2.45, 2.75) is 25.9 Å². The summed E-state index contributed by atoms with van der Waals surface area (Å²) in [6.45, 7) is 3.45. The summed E-state index contributed by atoms with van der Waals surface area (Å²) in [5, 5.41) is 3.78. The maximum absolute atomic E-state index is 12.3. The van der Waals surface area contributed by atoms with Gasteiger partial charge in [-0.25, -0.2) is 8.42 Å². The molecule has 2 aromatic rings. The lowest BCUT2D eigenvalue weighted by Gasteiger charge is -2.20. The minimum absolute atomic E-state index is 0.109. The van der Waals surface area contributed by atoms with Crippen molar-refractivity contribution in [2.24, 2.45) is 0 Å². The first-order valence-electron chi connectivity index (χ1n) is 8.29. The lowest BCUT2D eigenvalue weighted by atomic mass is 10.2. The minimum atomic E-state index is -3.32. The van der Waals surface area contributed by atoms with Crippen LogP contribution in [0.4, 0.5) is 5.69 Å². The van der Waals surface area contributed by atoms with Crippen LogP contribution in [0.2, 0.25) is 0 Å². The zero-order valence-corrected chi connectivity index (χ0v) is 16.0. The smallest absolute Gasteiger partial charge is 0.261 e. The van der Waals surface area contributed by atoms with Crippen molar-refractivity contribution in [3.8, 4) is 0 Å². The van der Waals surface area contributed by atoms with Crippen molar-refractivity contribution < 1.29 is 17.9 Å². The average molecular weight is 383 g/mol. The highest BCUT2D eigenvalue weighted by atomic mass is 32.2. The van der Waals surface area contributed by atoms with Crippen LogP contribution in [-0.2, 0) is 14.8 Å². The highest BCUT2D eigenvalue weighted by molar-refractivity contribution is 7.92. The van der Waals surface area contributed by atoms with Crippen LogP contribution in [0, 0.1) is 0 Å². The normalized spacial score (nSPS) is 17.8. The van der Waals surface area contributed by atoms with E-state index in [2.05, 4.69) is 5.32 Å². The standard InChI is InChI=1S/C17H22N2O4S2/c1-3-19(25(2,21)22)13-6-7-15-12(9-13)10-16(24-15)17(20)18-11-14-5-4-8-23-14/h6-7,9-10,14H,3-5,8,11H2,1-2H3,(H,18,20)/t14-/m1/s1. The molecule has 2 heterocycles. The van der Waals surface area contributed by atoms with E-state index < -0.39 is 10.0 Å². The number of ether oxygens (including phenoxy) is 1. The number of nitrogens with zero attached hydrogens (tertiary/aromatic N) is 1. The first kappa shape index (κ1) is 18.2. The second-order valence-electron chi connectivity index (χ2n) is 6.11. The van der Waals surface area contributed by atoms with E-state index in [0.29, 0.717) is 23.7 Å². The summed E-state index contributed by atoms with van der Waals surface area (Å²) in [7, 11) is -3.32. The molecule has 1 N–H and O–H groups in total. The average Bonchev–Trinajstić information content (AvgIpc) is 3.20. The van der Waals surface area contributed by atoms with Crippen LogP contribution in [0.5, 0.6) is 0 Å². The summed E-state index contributed by atoms with van der Waals surface area (Å²) in [5.41, 5.74) is 0.613. The number of anilines is 1. The zero-order chi connectivity index (χ0) is 18.0. The van der Waals surface area contributed by atoms with Gasteiger partial charge in [-0.15, -0.1) is 11.3 Å². The van der Waals surface area contributed by atoms with Crippen molar-refractivity contribution in [3.05, 3.63) is 29.1 Å². The Balaban J connectivity index is 1.78. The SMILES string of the molecule is CCN(c1ccc2sc(C(=O)NC[C@H]3CCCO3)cc2c1)S(C)(=O)=O. The molecule has 0 bridgehead atoms. The molecule has 1 aliphatic rings. The fraction of sp³-hybridized carbons (Fsp3) is 0.471. The zero-order valence-electron chi connectivity index (χ0n) is 14.3. The van der Waals surface area contributed by atoms with E-state index >= 15 is 0 Å². The Hall–Kier alpha value is -1.64. The number of fused-ring (bicyclic) bond motifs is 1. The number of carbonyl (C=O) groups is 1. The molecule has 1 amide bonds. The van der Waals surface area contributed by atoms with Gasteiger partial charge in [-0.1, -0.05) is 0 Å². The third-order valence-electron chi connectivity index (χ3n) is 4.21. The fourth-order valence-electron chi connectivity index (χ4n) is 3.01. The predicted octanol–water partition coefficient (Wildman–Crippen LogP) is 2.60. The summed E-state index contributed by atoms with van der Waals surface area (Å²) < 4.78 is 31.6. The van der Waals surface area contributed by atoms with E-state index in [1.165, 1.54) is 21.9 Å². The molecule has 1 fully saturated rings. The number of rotatable bonds is 6. The number of benzene rings is 1. The largest absolute Gasteiger partial charge is 0.376 e. The first-order valence-corrected chi connectivity index (χ1v) is 11.0. The molecule has 1 atom stereocenters. The molecule has 0 aliphatic carbocycles. The highest BCUT2D eigenvalue weighted by Crippen LogP contribution is 2.30. The van der Waals surface area contributed by atoms with Gasteiger partial charge in [-0.3, -0.25) is 9.10 Å². The molecule has 1 aromatic heterocycles. The molecule has 25 heavy (non-hydrogen) atoms. The summed E-state index contributed by atoms with van der Waals surface area (Å²) in [4.78, 5) is 13.0. The van der Waals surface area contributed by atoms with Gasteiger partial charge >= 0.3 is 0 Å². The van der Waals surface area contributed by atoms with Crippen molar-refractivity contribution in [2.75, 3.05) is 30.3 Å². The number of thiophene rings is 1. The summed E-state index contributed by atoms with van der Waals surface area (Å²) >= 11 is 1.40. The number of nitrogens with one attached hydrogen (secondary N) is 1. The van der Waals surface area contributed by atoms with E-state index in [9.17, 15) is 13.2 Å². The number of hydrogen-bond acceptors (Lipinski definition) is 5. The van der Waals surface area contributed by atoms with Gasteiger partial charge in [-0.05, 0) is 49.4 Å². The molecule has 8 heteroatoms. The Morgan fingerprint density at radius 1 is 1.40 bits per heavy atom. The van der Waals surface area contributed by atoms with Gasteiger partial charge in [-0.2, -0.15) is 0 Å². The Kier molecular flexibility index (Phi) is 5.31. The maximum Gasteiger partial charge on any atom is 0.261 e. The monoisotopic (exact) mass is 382 g/mol. The Morgan fingerprint density at radius 3 is 2.84 bits per heavy atom. The molecule has 0 unspecified atom stereocenters. The van der Waals surface area contributed by atoms with E-state index in [4.69, 9.17) is 4.74 Å². The lowest BCUT2D eigenvalue weighted by molar-refractivity contribution is 0.0861. The summed E-state index contributed by atoms with van der Waals surface area (Å²) in [6.07, 6.45) is 3.32. The first-order chi connectivity index (χ1) is 11.9. The maximum atomic E-state index is 12.3. The second-order valence-corrected chi connectivity index (χ2v) is 9.10. The van der Waals surface area contributed by atoms with E-state index in [1.807, 2.05) is 18.2 Å². The molecule has 136 valence electrons. The van der Waals surface area contributed by atoms with Crippen molar-refractivity contribution in [3.63, 3.8) is 0 Å². The quantitative estimate of drug-likeness (QED) is 0.833. The molecule has 1 aromatic carbocycles. The number of amides is 1. The molecule has 0 saturated carbocycles. The molecular formula is C17H22N2O4S2.